The predicted octanol–water partition coefficient (Wildman–Crippen LogP) is 7.75. The van der Waals surface area contributed by atoms with Gasteiger partial charge in [0.05, 0.1) is 11.1 Å². The van der Waals surface area contributed by atoms with Gasteiger partial charge >= 0.3 is 0 Å². The van der Waals surface area contributed by atoms with E-state index in [1.54, 1.807) is 12.4 Å². The van der Waals surface area contributed by atoms with Crippen LogP contribution < -0.4 is 4.90 Å². The minimum atomic E-state index is 0.642. The van der Waals surface area contributed by atoms with Gasteiger partial charge in [-0.15, -0.1) is 0 Å². The van der Waals surface area contributed by atoms with Crippen molar-refractivity contribution in [2.75, 3.05) is 4.90 Å². The molecule has 0 radical (unpaired) electrons. The highest BCUT2D eigenvalue weighted by molar-refractivity contribution is 6.12. The maximum Gasteiger partial charge on any atom is 0.227 e. The number of aromatic nitrogens is 2. The molecule has 7 aromatic rings. The molecule has 4 aromatic heterocycles. The van der Waals surface area contributed by atoms with E-state index in [0.717, 1.165) is 55.5 Å². The van der Waals surface area contributed by atoms with Crippen LogP contribution in [0.4, 0.5) is 17.1 Å². The maximum absolute atomic E-state index is 6.11. The van der Waals surface area contributed by atoms with Crippen molar-refractivity contribution in [3.05, 3.63) is 103 Å². The molecule has 0 saturated carbocycles. The molecule has 5 heteroatoms. The summed E-state index contributed by atoms with van der Waals surface area (Å²) < 4.78 is 12.2. The standard InChI is InChI=1S/C28H17N3O2/c1-2-7-18(8-3-1)31(19-13-14-20-21-9-5-16-30-28(21)33-25(20)17-19)22-10-4-11-23-26(22)27-24(32-23)12-6-15-29-27/h1-17H. The van der Waals surface area contributed by atoms with Gasteiger partial charge in [0.25, 0.3) is 0 Å². The lowest BCUT2D eigenvalue weighted by molar-refractivity contribution is 0.654. The number of pyridine rings is 2. The number of nitrogens with zero attached hydrogens (tertiary/aromatic N) is 3. The lowest BCUT2D eigenvalue weighted by atomic mass is 10.1. The van der Waals surface area contributed by atoms with Gasteiger partial charge in [-0.25, -0.2) is 4.98 Å². The second-order valence-electron chi connectivity index (χ2n) is 7.91. The third-order valence-corrected chi connectivity index (χ3v) is 5.98. The Bertz CT molecular complexity index is 1780. The summed E-state index contributed by atoms with van der Waals surface area (Å²) in [6.45, 7) is 0. The molecule has 0 N–H and O–H groups in total. The van der Waals surface area contributed by atoms with Crippen LogP contribution in [0.5, 0.6) is 0 Å². The third-order valence-electron chi connectivity index (χ3n) is 5.98. The molecule has 0 atom stereocenters. The molecule has 0 saturated heterocycles. The van der Waals surface area contributed by atoms with Crippen molar-refractivity contribution >= 4 is 61.2 Å². The molecule has 0 bridgehead atoms. The Morgan fingerprint density at radius 2 is 1.42 bits per heavy atom. The fourth-order valence-corrected chi connectivity index (χ4v) is 4.55. The topological polar surface area (TPSA) is 55.3 Å². The summed E-state index contributed by atoms with van der Waals surface area (Å²) in [7, 11) is 0. The quantitative estimate of drug-likeness (QED) is 0.289. The van der Waals surface area contributed by atoms with E-state index in [9.17, 15) is 0 Å². The summed E-state index contributed by atoms with van der Waals surface area (Å²) in [5, 5.41) is 3.03. The number of hydrogen-bond acceptors (Lipinski definition) is 5. The zero-order valence-electron chi connectivity index (χ0n) is 17.5. The van der Waals surface area contributed by atoms with Gasteiger partial charge in [0.2, 0.25) is 5.71 Å². The highest BCUT2D eigenvalue weighted by Gasteiger charge is 2.20. The van der Waals surface area contributed by atoms with Crippen molar-refractivity contribution in [3.8, 4) is 0 Å². The highest BCUT2D eigenvalue weighted by Crippen LogP contribution is 2.43. The number of benzene rings is 3. The number of hydrogen-bond donors (Lipinski definition) is 0. The molecule has 0 aliphatic rings. The zero-order valence-corrected chi connectivity index (χ0v) is 17.5. The molecule has 0 spiro atoms. The molecule has 0 amide bonds. The Kier molecular flexibility index (Phi) is 3.78. The first kappa shape index (κ1) is 18.0. The van der Waals surface area contributed by atoms with Gasteiger partial charge in [-0.1, -0.05) is 24.3 Å². The molecular weight excluding hydrogens is 410 g/mol. The fourth-order valence-electron chi connectivity index (χ4n) is 4.55. The smallest absolute Gasteiger partial charge is 0.227 e. The molecule has 7 rings (SSSR count). The second-order valence-corrected chi connectivity index (χ2v) is 7.91. The van der Waals surface area contributed by atoms with Crippen LogP contribution in [0.1, 0.15) is 0 Å². The summed E-state index contributed by atoms with van der Waals surface area (Å²) >= 11 is 0. The van der Waals surface area contributed by atoms with E-state index in [0.29, 0.717) is 5.71 Å². The second kappa shape index (κ2) is 6.93. The minimum absolute atomic E-state index is 0.642. The molecule has 5 nitrogen and oxygen atoms in total. The van der Waals surface area contributed by atoms with Gasteiger partial charge in [0.1, 0.15) is 16.7 Å². The number of furan rings is 2. The Morgan fingerprint density at radius 1 is 0.576 bits per heavy atom. The lowest BCUT2D eigenvalue weighted by Crippen LogP contribution is -2.10. The normalized spacial score (nSPS) is 11.6. The van der Waals surface area contributed by atoms with Crippen LogP contribution in [0.2, 0.25) is 0 Å². The van der Waals surface area contributed by atoms with Crippen LogP contribution in [0.15, 0.2) is 112 Å². The molecule has 0 unspecified atom stereocenters. The average Bonchev–Trinajstić information content (AvgIpc) is 3.43. The van der Waals surface area contributed by atoms with Crippen molar-refractivity contribution in [1.82, 2.24) is 9.97 Å². The summed E-state index contributed by atoms with van der Waals surface area (Å²) in [5.41, 5.74) is 6.85. The molecule has 0 fully saturated rings. The predicted molar refractivity (Wildman–Crippen MR) is 131 cm³/mol. The number of fused-ring (bicyclic) bond motifs is 6. The SMILES string of the molecule is c1ccc(N(c2ccc3c(c2)oc2ncccc23)c2cccc3oc4cccnc4c23)cc1. The van der Waals surface area contributed by atoms with Crippen LogP contribution in [-0.2, 0) is 0 Å². The number of para-hydroxylation sites is 1. The Morgan fingerprint density at radius 3 is 2.36 bits per heavy atom. The van der Waals surface area contributed by atoms with Crippen molar-refractivity contribution in [2.45, 2.75) is 0 Å². The highest BCUT2D eigenvalue weighted by atomic mass is 16.3. The first-order chi connectivity index (χ1) is 16.4. The molecule has 0 aliphatic heterocycles. The van der Waals surface area contributed by atoms with Crippen LogP contribution >= 0.6 is 0 Å². The van der Waals surface area contributed by atoms with E-state index in [2.05, 4.69) is 51.3 Å². The Hall–Kier alpha value is -4.64. The monoisotopic (exact) mass is 427 g/mol. The molecule has 156 valence electrons. The van der Waals surface area contributed by atoms with E-state index in [-0.39, 0.29) is 0 Å². The van der Waals surface area contributed by atoms with Crippen molar-refractivity contribution in [1.29, 1.82) is 0 Å². The largest absolute Gasteiger partial charge is 0.454 e. The van der Waals surface area contributed by atoms with Crippen LogP contribution in [-0.4, -0.2) is 9.97 Å². The van der Waals surface area contributed by atoms with Crippen LogP contribution in [0.3, 0.4) is 0 Å². The van der Waals surface area contributed by atoms with Crippen LogP contribution in [0, 0.1) is 0 Å². The Balaban J connectivity index is 1.53. The van der Waals surface area contributed by atoms with Gasteiger partial charge < -0.3 is 13.7 Å². The minimum Gasteiger partial charge on any atom is -0.454 e. The average molecular weight is 427 g/mol. The maximum atomic E-state index is 6.11. The molecule has 0 aliphatic carbocycles. The number of anilines is 3. The summed E-state index contributed by atoms with van der Waals surface area (Å²) in [6.07, 6.45) is 3.55. The molecule has 3 aromatic carbocycles. The van der Waals surface area contributed by atoms with E-state index >= 15 is 0 Å². The lowest BCUT2D eigenvalue weighted by Gasteiger charge is -2.26. The third kappa shape index (κ3) is 2.72. The van der Waals surface area contributed by atoms with Gasteiger partial charge in [-0.3, -0.25) is 4.98 Å². The van der Waals surface area contributed by atoms with E-state index in [1.807, 2.05) is 54.6 Å². The molecule has 4 heterocycles. The van der Waals surface area contributed by atoms with Crippen molar-refractivity contribution in [2.24, 2.45) is 0 Å². The van der Waals surface area contributed by atoms with Crippen LogP contribution in [0.25, 0.3) is 44.1 Å². The van der Waals surface area contributed by atoms with Crippen molar-refractivity contribution in [3.63, 3.8) is 0 Å². The first-order valence-corrected chi connectivity index (χ1v) is 10.8. The fraction of sp³-hybridized carbons (Fsp3) is 0. The first-order valence-electron chi connectivity index (χ1n) is 10.8. The summed E-state index contributed by atoms with van der Waals surface area (Å²) in [6, 6.07) is 30.5. The van der Waals surface area contributed by atoms with E-state index in [4.69, 9.17) is 8.83 Å². The molecule has 33 heavy (non-hydrogen) atoms. The van der Waals surface area contributed by atoms with Gasteiger partial charge in [0, 0.05) is 40.6 Å². The van der Waals surface area contributed by atoms with Crippen molar-refractivity contribution < 1.29 is 8.83 Å². The van der Waals surface area contributed by atoms with E-state index < -0.39 is 0 Å². The van der Waals surface area contributed by atoms with E-state index in [1.165, 1.54) is 0 Å². The zero-order chi connectivity index (χ0) is 21.8. The van der Waals surface area contributed by atoms with Gasteiger partial charge in [-0.2, -0.15) is 0 Å². The summed E-state index contributed by atoms with van der Waals surface area (Å²) in [4.78, 5) is 11.2. The van der Waals surface area contributed by atoms with Gasteiger partial charge in [0.15, 0.2) is 5.58 Å². The Labute approximate surface area is 188 Å². The summed E-state index contributed by atoms with van der Waals surface area (Å²) in [5.74, 6) is 0. The number of rotatable bonds is 3. The van der Waals surface area contributed by atoms with Gasteiger partial charge in [-0.05, 0) is 60.7 Å². The molecular formula is C28H17N3O2.